The number of aliphatic imine (C=N–C) groups is 1. The van der Waals surface area contributed by atoms with Gasteiger partial charge in [0.2, 0.25) is 5.90 Å². The van der Waals surface area contributed by atoms with Crippen molar-refractivity contribution in [3.63, 3.8) is 0 Å². The van der Waals surface area contributed by atoms with Crippen LogP contribution in [-0.2, 0) is 11.2 Å². The fourth-order valence-corrected chi connectivity index (χ4v) is 8.03. The molecule has 0 saturated heterocycles. The van der Waals surface area contributed by atoms with Gasteiger partial charge in [0.25, 0.3) is 8.32 Å². The van der Waals surface area contributed by atoms with Gasteiger partial charge in [-0.1, -0.05) is 109 Å². The van der Waals surface area contributed by atoms with E-state index in [4.69, 9.17) is 9.73 Å². The van der Waals surface area contributed by atoms with Crippen LogP contribution in [0.5, 0.6) is 0 Å². The van der Waals surface area contributed by atoms with Crippen molar-refractivity contribution in [2.24, 2.45) is 4.99 Å². The van der Waals surface area contributed by atoms with Crippen molar-refractivity contribution in [1.29, 1.82) is 0 Å². The van der Waals surface area contributed by atoms with E-state index in [1.165, 1.54) is 5.56 Å². The topological polar surface area (TPSA) is 41.8 Å². The highest BCUT2D eigenvalue weighted by Gasteiger charge is 2.47. The second-order valence-electron chi connectivity index (χ2n) is 8.07. The van der Waals surface area contributed by atoms with Gasteiger partial charge in [0.15, 0.2) is 0 Å². The van der Waals surface area contributed by atoms with E-state index >= 15 is 0 Å². The lowest BCUT2D eigenvalue weighted by molar-refractivity contribution is 0.315. The van der Waals surface area contributed by atoms with Crippen molar-refractivity contribution in [2.45, 2.75) is 18.0 Å². The van der Waals surface area contributed by atoms with Crippen LogP contribution in [0.3, 0.4) is 0 Å². The van der Waals surface area contributed by atoms with Gasteiger partial charge in [-0.3, -0.25) is 0 Å². The molecule has 3 nitrogen and oxygen atoms in total. The van der Waals surface area contributed by atoms with Crippen LogP contribution in [0.15, 0.2) is 120 Å². The summed E-state index contributed by atoms with van der Waals surface area (Å²) in [6, 6.07) is 30.6. The molecule has 3 aromatic carbocycles. The van der Waals surface area contributed by atoms with Gasteiger partial charge < -0.3 is 9.53 Å². The predicted molar refractivity (Wildman–Crippen MR) is 128 cm³/mol. The molecule has 1 aliphatic heterocycles. The van der Waals surface area contributed by atoms with Gasteiger partial charge >= 0.3 is 0 Å². The second kappa shape index (κ2) is 8.50. The Morgan fingerprint density at radius 2 is 1.42 bits per heavy atom. The van der Waals surface area contributed by atoms with Gasteiger partial charge in [-0.25, -0.2) is 4.99 Å². The largest absolute Gasteiger partial charge is 0.475 e. The molecule has 2 aliphatic rings. The van der Waals surface area contributed by atoms with Crippen molar-refractivity contribution < 1.29 is 9.53 Å². The molecule has 0 fully saturated rings. The molecule has 0 spiro atoms. The Morgan fingerprint density at radius 1 is 0.839 bits per heavy atom. The SMILES string of the molecule is O[Si](c1ccccc1)(c1ccccc1)C1C=CC=C1C1=N[C@@H](Cc2ccccc2)CO1. The number of hydrogen-bond donors (Lipinski definition) is 1. The number of nitrogens with zero attached hydrogens (tertiary/aromatic N) is 1. The number of rotatable bonds is 6. The van der Waals surface area contributed by atoms with Gasteiger partial charge in [-0.2, -0.15) is 0 Å². The lowest BCUT2D eigenvalue weighted by Crippen LogP contribution is -2.62. The van der Waals surface area contributed by atoms with Crippen LogP contribution in [0.25, 0.3) is 0 Å². The van der Waals surface area contributed by atoms with Gasteiger partial charge in [0, 0.05) is 11.1 Å². The highest BCUT2D eigenvalue weighted by molar-refractivity contribution is 6.98. The summed E-state index contributed by atoms with van der Waals surface area (Å²) in [5.74, 6) is 0.675. The summed E-state index contributed by atoms with van der Waals surface area (Å²) in [5, 5.41) is 1.98. The van der Waals surface area contributed by atoms with Crippen LogP contribution < -0.4 is 10.4 Å². The molecule has 2 atom stereocenters. The van der Waals surface area contributed by atoms with Crippen LogP contribution >= 0.6 is 0 Å². The van der Waals surface area contributed by atoms with E-state index in [9.17, 15) is 4.80 Å². The summed E-state index contributed by atoms with van der Waals surface area (Å²) in [4.78, 5) is 17.2. The molecule has 154 valence electrons. The van der Waals surface area contributed by atoms with Crippen molar-refractivity contribution >= 4 is 24.6 Å². The highest BCUT2D eigenvalue weighted by Crippen LogP contribution is 2.36. The minimum Gasteiger partial charge on any atom is -0.475 e. The van der Waals surface area contributed by atoms with Gasteiger partial charge in [-0.05, 0) is 22.4 Å². The third-order valence-electron chi connectivity index (χ3n) is 6.07. The molecule has 4 heteroatoms. The van der Waals surface area contributed by atoms with Crippen LogP contribution in [-0.4, -0.2) is 31.7 Å². The normalized spacial score (nSPS) is 20.3. The van der Waals surface area contributed by atoms with Gasteiger partial charge in [0.05, 0.1) is 6.04 Å². The number of allylic oxidation sites excluding steroid dienone is 3. The molecule has 31 heavy (non-hydrogen) atoms. The third kappa shape index (κ3) is 3.80. The first-order valence-corrected chi connectivity index (χ1v) is 12.7. The fraction of sp³-hybridized carbons (Fsp3) is 0.148. The Kier molecular flexibility index (Phi) is 5.41. The standard InChI is InChI=1S/C27H25NO2Si/c29-31(23-13-6-2-7-14-23,24-15-8-3-9-16-24)26-18-10-17-25(26)27-28-22(20-30-27)19-21-11-4-1-5-12-21/h1-18,22,26,29H,19-20H2/t22-,26?/m0/s1. The molecule has 5 rings (SSSR count). The quantitative estimate of drug-likeness (QED) is 0.615. The Morgan fingerprint density at radius 3 is 2.03 bits per heavy atom. The zero-order chi connectivity index (χ0) is 21.1. The van der Waals surface area contributed by atoms with Crippen LogP contribution in [0.4, 0.5) is 0 Å². The fourth-order valence-electron chi connectivity index (χ4n) is 4.52. The molecule has 1 unspecified atom stereocenters. The van der Waals surface area contributed by atoms with Crippen molar-refractivity contribution in [1.82, 2.24) is 0 Å². The maximum atomic E-state index is 12.3. The highest BCUT2D eigenvalue weighted by atomic mass is 28.4. The number of benzene rings is 3. The monoisotopic (exact) mass is 423 g/mol. The predicted octanol–water partition coefficient (Wildman–Crippen LogP) is 3.65. The van der Waals surface area contributed by atoms with E-state index in [0.29, 0.717) is 12.5 Å². The van der Waals surface area contributed by atoms with Crippen molar-refractivity contribution in [3.8, 4) is 0 Å². The Labute approximate surface area is 184 Å². The summed E-state index contributed by atoms with van der Waals surface area (Å²) in [6.07, 6.45) is 7.05. The van der Waals surface area contributed by atoms with Crippen LogP contribution in [0.1, 0.15) is 5.56 Å². The second-order valence-corrected chi connectivity index (χ2v) is 11.4. The molecule has 3 aromatic rings. The molecule has 0 bridgehead atoms. The van der Waals surface area contributed by atoms with Gasteiger partial charge in [-0.15, -0.1) is 0 Å². The maximum absolute atomic E-state index is 12.3. The molecule has 0 saturated carbocycles. The minimum absolute atomic E-state index is 0.0998. The molecule has 1 aliphatic carbocycles. The summed E-state index contributed by atoms with van der Waals surface area (Å²) >= 11 is 0. The average molecular weight is 424 g/mol. The van der Waals surface area contributed by atoms with E-state index in [-0.39, 0.29) is 11.6 Å². The minimum atomic E-state index is -3.11. The molecule has 1 N–H and O–H groups in total. The first kappa shape index (κ1) is 19.7. The summed E-state index contributed by atoms with van der Waals surface area (Å²) in [6.45, 7) is 0.574. The van der Waals surface area contributed by atoms with Crippen LogP contribution in [0, 0.1) is 0 Å². The molecule has 1 heterocycles. The lowest BCUT2D eigenvalue weighted by Gasteiger charge is -2.33. The number of ether oxygens (including phenoxy) is 1. The Balaban J connectivity index is 1.48. The molecular formula is C27H25NO2Si. The van der Waals surface area contributed by atoms with E-state index in [2.05, 4.69) is 36.4 Å². The lowest BCUT2D eigenvalue weighted by atomic mass is 10.1. The Hall–Kier alpha value is -3.21. The van der Waals surface area contributed by atoms with E-state index < -0.39 is 8.32 Å². The first-order chi connectivity index (χ1) is 15.2. The summed E-state index contributed by atoms with van der Waals surface area (Å²) in [7, 11) is -3.11. The Bertz CT molecular complexity index is 1080. The zero-order valence-corrected chi connectivity index (χ0v) is 18.3. The average Bonchev–Trinajstić information content (AvgIpc) is 3.50. The first-order valence-electron chi connectivity index (χ1n) is 10.7. The summed E-state index contributed by atoms with van der Waals surface area (Å²) < 4.78 is 6.07. The third-order valence-corrected chi connectivity index (χ3v) is 9.90. The van der Waals surface area contributed by atoms with Crippen molar-refractivity contribution in [2.75, 3.05) is 6.61 Å². The van der Waals surface area contributed by atoms with E-state index in [1.54, 1.807) is 0 Å². The van der Waals surface area contributed by atoms with Crippen LogP contribution in [0.2, 0.25) is 5.54 Å². The van der Waals surface area contributed by atoms with Gasteiger partial charge in [0.1, 0.15) is 6.61 Å². The summed E-state index contributed by atoms with van der Waals surface area (Å²) in [5.41, 5.74) is 2.10. The van der Waals surface area contributed by atoms with E-state index in [0.717, 1.165) is 22.4 Å². The smallest absolute Gasteiger partial charge is 0.264 e. The zero-order valence-electron chi connectivity index (χ0n) is 17.3. The maximum Gasteiger partial charge on any atom is 0.264 e. The number of hydrogen-bond acceptors (Lipinski definition) is 3. The molecular weight excluding hydrogens is 398 g/mol. The molecule has 0 aromatic heterocycles. The molecule has 0 amide bonds. The molecule has 0 radical (unpaired) electrons. The van der Waals surface area contributed by atoms with Crippen molar-refractivity contribution in [3.05, 3.63) is 120 Å². The van der Waals surface area contributed by atoms with E-state index in [1.807, 2.05) is 72.8 Å².